The van der Waals surface area contributed by atoms with Crippen LogP contribution in [0.1, 0.15) is 18.9 Å². The first kappa shape index (κ1) is 25.1. The largest absolute Gasteiger partial charge is 0.388 e. The summed E-state index contributed by atoms with van der Waals surface area (Å²) in [4.78, 5) is 14.9. The zero-order valence-corrected chi connectivity index (χ0v) is 18.7. The molecule has 2 heterocycles. The molecular weight excluding hydrogens is 428 g/mol. The average molecular weight is 461 g/mol. The first-order valence-corrected chi connectivity index (χ1v) is 11.2. The van der Waals surface area contributed by atoms with E-state index in [9.17, 15) is 25.4 Å². The van der Waals surface area contributed by atoms with E-state index in [0.29, 0.717) is 12.0 Å². The molecule has 2 aliphatic rings. The quantitative estimate of drug-likeness (QED) is 0.260. The molecule has 0 bridgehead atoms. The SMILES string of the molecule is CC[C@H]1OC(O)[C@H](NC(=O)/C(C#N)=C/c2ccc(NCCN3CCOCC3)cc2)[C@@H](O)[C@@H]1O. The van der Waals surface area contributed by atoms with Crippen molar-refractivity contribution in [2.24, 2.45) is 0 Å². The molecule has 2 fully saturated rings. The molecule has 10 heteroatoms. The summed E-state index contributed by atoms with van der Waals surface area (Å²) < 4.78 is 10.6. The van der Waals surface area contributed by atoms with Gasteiger partial charge in [0.2, 0.25) is 0 Å². The van der Waals surface area contributed by atoms with Crippen molar-refractivity contribution in [1.29, 1.82) is 5.26 Å². The minimum absolute atomic E-state index is 0.200. The highest BCUT2D eigenvalue weighted by atomic mass is 16.6. The third-order valence-electron chi connectivity index (χ3n) is 5.87. The van der Waals surface area contributed by atoms with E-state index in [-0.39, 0.29) is 5.57 Å². The van der Waals surface area contributed by atoms with Crippen LogP contribution in [0, 0.1) is 11.3 Å². The molecular formula is C23H32N4O6. The molecule has 3 rings (SSSR count). The van der Waals surface area contributed by atoms with Crippen molar-refractivity contribution in [3.63, 3.8) is 0 Å². The number of aliphatic hydroxyl groups excluding tert-OH is 3. The van der Waals surface area contributed by atoms with Gasteiger partial charge >= 0.3 is 0 Å². The molecule has 1 unspecified atom stereocenters. The van der Waals surface area contributed by atoms with Gasteiger partial charge in [-0.25, -0.2) is 0 Å². The fourth-order valence-corrected chi connectivity index (χ4v) is 3.86. The van der Waals surface area contributed by atoms with Crippen molar-refractivity contribution >= 4 is 17.7 Å². The lowest BCUT2D eigenvalue weighted by Crippen LogP contribution is -2.63. The minimum Gasteiger partial charge on any atom is -0.388 e. The number of carbonyl (C=O) groups is 1. The third kappa shape index (κ3) is 6.74. The van der Waals surface area contributed by atoms with Gasteiger partial charge in [0.1, 0.15) is 29.9 Å². The fraction of sp³-hybridized carbons (Fsp3) is 0.565. The van der Waals surface area contributed by atoms with Gasteiger partial charge in [0, 0.05) is 31.9 Å². The molecule has 5 atom stereocenters. The lowest BCUT2D eigenvalue weighted by atomic mass is 9.95. The van der Waals surface area contributed by atoms with Crippen LogP contribution in [0.15, 0.2) is 29.8 Å². The van der Waals surface area contributed by atoms with Crippen LogP contribution in [0.5, 0.6) is 0 Å². The normalized spacial score (nSPS) is 28.7. The molecule has 5 N–H and O–H groups in total. The molecule has 1 aromatic rings. The van der Waals surface area contributed by atoms with Gasteiger partial charge in [-0.1, -0.05) is 19.1 Å². The van der Waals surface area contributed by atoms with E-state index in [0.717, 1.165) is 45.1 Å². The topological polar surface area (TPSA) is 147 Å². The second-order valence-corrected chi connectivity index (χ2v) is 8.13. The van der Waals surface area contributed by atoms with Gasteiger partial charge in [0.15, 0.2) is 6.29 Å². The van der Waals surface area contributed by atoms with E-state index in [1.54, 1.807) is 19.1 Å². The number of nitrogens with one attached hydrogen (secondary N) is 2. The number of benzene rings is 1. The lowest BCUT2D eigenvalue weighted by molar-refractivity contribution is -0.247. The Morgan fingerprint density at radius 2 is 1.91 bits per heavy atom. The van der Waals surface area contributed by atoms with Crippen LogP contribution in [0.4, 0.5) is 5.69 Å². The van der Waals surface area contributed by atoms with Gasteiger partial charge < -0.3 is 35.4 Å². The molecule has 0 radical (unpaired) electrons. The zero-order valence-electron chi connectivity index (χ0n) is 18.7. The third-order valence-corrected chi connectivity index (χ3v) is 5.87. The van der Waals surface area contributed by atoms with Crippen molar-refractivity contribution in [2.45, 2.75) is 44.0 Å². The smallest absolute Gasteiger partial charge is 0.262 e. The van der Waals surface area contributed by atoms with E-state index in [2.05, 4.69) is 15.5 Å². The van der Waals surface area contributed by atoms with Crippen LogP contribution in [0.25, 0.3) is 6.08 Å². The van der Waals surface area contributed by atoms with E-state index in [1.165, 1.54) is 6.08 Å². The monoisotopic (exact) mass is 460 g/mol. The summed E-state index contributed by atoms with van der Waals surface area (Å²) in [6, 6.07) is 7.87. The number of hydrogen-bond acceptors (Lipinski definition) is 9. The Morgan fingerprint density at radius 1 is 1.21 bits per heavy atom. The Hall–Kier alpha value is -2.52. The summed E-state index contributed by atoms with van der Waals surface area (Å²) >= 11 is 0. The van der Waals surface area contributed by atoms with Crippen LogP contribution in [-0.4, -0.2) is 96.2 Å². The minimum atomic E-state index is -1.50. The van der Waals surface area contributed by atoms with Gasteiger partial charge in [-0.15, -0.1) is 0 Å². The molecule has 1 aromatic carbocycles. The van der Waals surface area contributed by atoms with Gasteiger partial charge in [-0.2, -0.15) is 5.26 Å². The van der Waals surface area contributed by atoms with Crippen LogP contribution >= 0.6 is 0 Å². The van der Waals surface area contributed by atoms with Gasteiger partial charge in [-0.05, 0) is 30.2 Å². The standard InChI is InChI=1S/C23H32N4O6/c1-2-18-20(28)21(29)19(23(31)33-18)26-22(30)16(14-24)13-15-3-5-17(6-4-15)25-7-8-27-9-11-32-12-10-27/h3-6,13,18-21,23,25,28-29,31H,2,7-12H2,1H3,(H,26,30)/b16-13+/t18-,19-,20-,21-,23?/m1/s1. The van der Waals surface area contributed by atoms with E-state index >= 15 is 0 Å². The Balaban J connectivity index is 1.55. The van der Waals surface area contributed by atoms with Crippen molar-refractivity contribution in [3.05, 3.63) is 35.4 Å². The predicted octanol–water partition coefficient (Wildman–Crippen LogP) is -0.329. The van der Waals surface area contributed by atoms with Crippen LogP contribution in [-0.2, 0) is 14.3 Å². The second kappa shape index (κ2) is 12.1. The summed E-state index contributed by atoms with van der Waals surface area (Å²) in [5.74, 6) is -0.779. The summed E-state index contributed by atoms with van der Waals surface area (Å²) in [6.07, 6.45) is -3.13. The maximum Gasteiger partial charge on any atom is 0.262 e. The fourth-order valence-electron chi connectivity index (χ4n) is 3.86. The van der Waals surface area contributed by atoms with Crippen LogP contribution in [0.2, 0.25) is 0 Å². The molecule has 0 spiro atoms. The number of amides is 1. The predicted molar refractivity (Wildman–Crippen MR) is 121 cm³/mol. The highest BCUT2D eigenvalue weighted by Crippen LogP contribution is 2.22. The maximum atomic E-state index is 12.6. The molecule has 1 amide bonds. The number of carbonyl (C=O) groups excluding carboxylic acids is 1. The zero-order chi connectivity index (χ0) is 23.8. The number of nitriles is 1. The lowest BCUT2D eigenvalue weighted by Gasteiger charge is -2.40. The van der Waals surface area contributed by atoms with Gasteiger partial charge in [-0.3, -0.25) is 9.69 Å². The number of anilines is 1. The summed E-state index contributed by atoms with van der Waals surface area (Å²) in [7, 11) is 0. The summed E-state index contributed by atoms with van der Waals surface area (Å²) in [6.45, 7) is 6.85. The van der Waals surface area contributed by atoms with Crippen molar-refractivity contribution in [1.82, 2.24) is 10.2 Å². The van der Waals surface area contributed by atoms with Crippen molar-refractivity contribution < 1.29 is 29.6 Å². The van der Waals surface area contributed by atoms with Crippen LogP contribution in [0.3, 0.4) is 0 Å². The summed E-state index contributed by atoms with van der Waals surface area (Å²) in [5.41, 5.74) is 1.37. The molecule has 2 aliphatic heterocycles. The first-order valence-electron chi connectivity index (χ1n) is 11.2. The van der Waals surface area contributed by atoms with Crippen molar-refractivity contribution in [2.75, 3.05) is 44.7 Å². The maximum absolute atomic E-state index is 12.6. The number of ether oxygens (including phenoxy) is 2. The van der Waals surface area contributed by atoms with E-state index < -0.39 is 36.6 Å². The molecule has 2 saturated heterocycles. The Bertz CT molecular complexity index is 850. The number of nitrogens with zero attached hydrogens (tertiary/aromatic N) is 2. The molecule has 33 heavy (non-hydrogen) atoms. The molecule has 0 aromatic heterocycles. The van der Waals surface area contributed by atoms with E-state index in [4.69, 9.17) is 9.47 Å². The number of hydrogen-bond donors (Lipinski definition) is 5. The highest BCUT2D eigenvalue weighted by molar-refractivity contribution is 6.01. The Morgan fingerprint density at radius 3 is 2.55 bits per heavy atom. The van der Waals surface area contributed by atoms with Crippen molar-refractivity contribution in [3.8, 4) is 6.07 Å². The summed E-state index contributed by atoms with van der Waals surface area (Å²) in [5, 5.41) is 45.6. The molecule has 10 nitrogen and oxygen atoms in total. The highest BCUT2D eigenvalue weighted by Gasteiger charge is 2.44. The van der Waals surface area contributed by atoms with Crippen LogP contribution < -0.4 is 10.6 Å². The Labute approximate surface area is 193 Å². The molecule has 180 valence electrons. The first-order chi connectivity index (χ1) is 15.9. The van der Waals surface area contributed by atoms with Gasteiger partial charge in [0.05, 0.1) is 19.3 Å². The van der Waals surface area contributed by atoms with Gasteiger partial charge in [0.25, 0.3) is 5.91 Å². The van der Waals surface area contributed by atoms with E-state index in [1.807, 2.05) is 18.2 Å². The second-order valence-electron chi connectivity index (χ2n) is 8.13. The number of morpholine rings is 1. The molecule has 0 saturated carbocycles. The molecule has 0 aliphatic carbocycles. The number of rotatable bonds is 8. The average Bonchev–Trinajstić information content (AvgIpc) is 2.84. The Kier molecular flexibility index (Phi) is 9.20. The number of aliphatic hydroxyl groups is 3.